The molecule has 6 nitrogen and oxygen atoms in total. The fraction of sp³-hybridized carbons (Fsp3) is 0.476. The minimum atomic E-state index is -0.620. The summed E-state index contributed by atoms with van der Waals surface area (Å²) in [5, 5.41) is 10.5. The first-order valence-electron chi connectivity index (χ1n) is 9.90. The minimum Gasteiger partial charge on any atom is -0.345 e. The number of benzene rings is 1. The number of amides is 2. The number of aromatic nitrogens is 2. The molecule has 2 aliphatic rings. The summed E-state index contributed by atoms with van der Waals surface area (Å²) in [4.78, 5) is 25.2. The number of nitrogens with zero attached hydrogens (tertiary/aromatic N) is 2. The second kappa shape index (κ2) is 7.99. The van der Waals surface area contributed by atoms with Crippen LogP contribution in [0.4, 0.5) is 5.82 Å². The van der Waals surface area contributed by atoms with Crippen molar-refractivity contribution in [2.45, 2.75) is 57.1 Å². The molecule has 1 aliphatic heterocycles. The van der Waals surface area contributed by atoms with E-state index in [1.807, 2.05) is 31.2 Å². The molecule has 2 atom stereocenters. The Balaban J connectivity index is 1.54. The molecular weight excluding hydrogens is 372 g/mol. The summed E-state index contributed by atoms with van der Waals surface area (Å²) in [6, 6.07) is 8.06. The quantitative estimate of drug-likeness (QED) is 0.775. The highest BCUT2D eigenvalue weighted by molar-refractivity contribution is 7.98. The van der Waals surface area contributed by atoms with Gasteiger partial charge in [0.25, 0.3) is 0 Å². The molecule has 7 heteroatoms. The fourth-order valence-electron chi connectivity index (χ4n) is 3.94. The molecule has 0 spiro atoms. The van der Waals surface area contributed by atoms with E-state index in [1.54, 1.807) is 16.4 Å². The Morgan fingerprint density at radius 3 is 2.61 bits per heavy atom. The Morgan fingerprint density at radius 2 is 1.86 bits per heavy atom. The molecule has 2 amide bonds. The molecule has 0 unspecified atom stereocenters. The first kappa shape index (κ1) is 19.1. The summed E-state index contributed by atoms with van der Waals surface area (Å²) in [6.07, 6.45) is 4.33. The van der Waals surface area contributed by atoms with Gasteiger partial charge in [-0.25, -0.2) is 4.68 Å². The maximum atomic E-state index is 12.7. The molecule has 1 aromatic heterocycles. The van der Waals surface area contributed by atoms with Crippen molar-refractivity contribution in [1.29, 1.82) is 0 Å². The lowest BCUT2D eigenvalue weighted by Crippen LogP contribution is -2.46. The van der Waals surface area contributed by atoms with Gasteiger partial charge in [-0.2, -0.15) is 16.9 Å². The van der Waals surface area contributed by atoms with Crippen molar-refractivity contribution in [2.24, 2.45) is 5.92 Å². The van der Waals surface area contributed by atoms with Crippen LogP contribution in [0.2, 0.25) is 0 Å². The smallest absolute Gasteiger partial charge is 0.314 e. The Kier molecular flexibility index (Phi) is 5.44. The average molecular weight is 399 g/mol. The highest BCUT2D eigenvalue weighted by atomic mass is 32.2. The number of carbonyl (C=O) groups is 2. The van der Waals surface area contributed by atoms with Crippen LogP contribution < -0.4 is 10.6 Å². The lowest BCUT2D eigenvalue weighted by atomic mass is 9.86. The third kappa shape index (κ3) is 3.81. The molecule has 0 radical (unpaired) electrons. The highest BCUT2D eigenvalue weighted by Gasteiger charge is 2.29. The van der Waals surface area contributed by atoms with Crippen molar-refractivity contribution < 1.29 is 9.59 Å². The SMILES string of the molecule is Cc1ccc(-n2nc3c(c2NC(=O)C(=O)N[C@@H]2CCCC[C@H]2C)CSC3)cc1. The van der Waals surface area contributed by atoms with Gasteiger partial charge in [0.05, 0.1) is 11.4 Å². The van der Waals surface area contributed by atoms with Gasteiger partial charge in [0.2, 0.25) is 0 Å². The van der Waals surface area contributed by atoms with E-state index < -0.39 is 11.8 Å². The third-order valence-electron chi connectivity index (χ3n) is 5.70. The number of hydrogen-bond acceptors (Lipinski definition) is 4. The first-order valence-corrected chi connectivity index (χ1v) is 11.1. The van der Waals surface area contributed by atoms with Gasteiger partial charge < -0.3 is 10.6 Å². The predicted octanol–water partition coefficient (Wildman–Crippen LogP) is 3.56. The van der Waals surface area contributed by atoms with Gasteiger partial charge in [-0.15, -0.1) is 0 Å². The number of fused-ring (bicyclic) bond motifs is 1. The molecule has 1 aliphatic carbocycles. The number of aryl methyl sites for hydroxylation is 1. The van der Waals surface area contributed by atoms with Crippen LogP contribution in [0.1, 0.15) is 49.4 Å². The largest absolute Gasteiger partial charge is 0.345 e. The molecule has 1 aromatic carbocycles. The predicted molar refractivity (Wildman–Crippen MR) is 111 cm³/mol. The van der Waals surface area contributed by atoms with Crippen molar-refractivity contribution >= 4 is 29.4 Å². The summed E-state index contributed by atoms with van der Waals surface area (Å²) < 4.78 is 1.75. The van der Waals surface area contributed by atoms with Gasteiger partial charge in [0, 0.05) is 23.1 Å². The normalized spacial score (nSPS) is 21.2. The Morgan fingerprint density at radius 1 is 1.11 bits per heavy atom. The van der Waals surface area contributed by atoms with Crippen molar-refractivity contribution in [1.82, 2.24) is 15.1 Å². The van der Waals surface area contributed by atoms with Crippen LogP contribution in [-0.4, -0.2) is 27.6 Å². The topological polar surface area (TPSA) is 76.0 Å². The summed E-state index contributed by atoms with van der Waals surface area (Å²) in [5.41, 5.74) is 4.02. The third-order valence-corrected chi connectivity index (χ3v) is 6.67. The molecule has 2 aromatic rings. The molecule has 28 heavy (non-hydrogen) atoms. The van der Waals surface area contributed by atoms with E-state index in [9.17, 15) is 9.59 Å². The molecule has 4 rings (SSSR count). The minimum absolute atomic E-state index is 0.0790. The van der Waals surface area contributed by atoms with Crippen molar-refractivity contribution in [3.63, 3.8) is 0 Å². The molecule has 148 valence electrons. The van der Waals surface area contributed by atoms with Crippen LogP contribution in [0.25, 0.3) is 5.69 Å². The zero-order chi connectivity index (χ0) is 19.7. The second-order valence-corrected chi connectivity index (χ2v) is 8.80. The number of nitrogens with one attached hydrogen (secondary N) is 2. The first-order chi connectivity index (χ1) is 13.5. The summed E-state index contributed by atoms with van der Waals surface area (Å²) in [6.45, 7) is 4.17. The van der Waals surface area contributed by atoms with Crippen LogP contribution in [0.5, 0.6) is 0 Å². The van der Waals surface area contributed by atoms with Crippen molar-refractivity contribution in [3.05, 3.63) is 41.1 Å². The molecule has 1 fully saturated rings. The van der Waals surface area contributed by atoms with Gasteiger partial charge in [-0.3, -0.25) is 9.59 Å². The van der Waals surface area contributed by atoms with Gasteiger partial charge in [-0.05, 0) is 37.8 Å². The average Bonchev–Trinajstić information content (AvgIpc) is 3.27. The van der Waals surface area contributed by atoms with Gasteiger partial charge in [0.1, 0.15) is 5.82 Å². The van der Waals surface area contributed by atoms with Crippen molar-refractivity contribution in [3.8, 4) is 5.69 Å². The Labute approximate surface area is 169 Å². The molecule has 2 heterocycles. The van der Waals surface area contributed by atoms with E-state index in [-0.39, 0.29) is 6.04 Å². The van der Waals surface area contributed by atoms with E-state index >= 15 is 0 Å². The zero-order valence-corrected chi connectivity index (χ0v) is 17.1. The van der Waals surface area contributed by atoms with Crippen molar-refractivity contribution in [2.75, 3.05) is 5.32 Å². The summed E-state index contributed by atoms with van der Waals surface area (Å²) in [7, 11) is 0. The van der Waals surface area contributed by atoms with Gasteiger partial charge >= 0.3 is 11.8 Å². The maximum absolute atomic E-state index is 12.7. The Hall–Kier alpha value is -2.28. The standard InChI is InChI=1S/C21H26N4O2S/c1-13-7-9-15(10-8-13)25-19(16-11-28-12-18(16)24-25)23-21(27)20(26)22-17-6-4-3-5-14(17)2/h7-10,14,17H,3-6,11-12H2,1-2H3,(H,22,26)(H,23,27)/t14-,17-/m1/s1. The van der Waals surface area contributed by atoms with Gasteiger partial charge in [-0.1, -0.05) is 37.5 Å². The van der Waals surface area contributed by atoms with Crippen LogP contribution >= 0.6 is 11.8 Å². The summed E-state index contributed by atoms with van der Waals surface area (Å²) in [5.74, 6) is 1.45. The molecule has 0 saturated heterocycles. The van der Waals surface area contributed by atoms with Crippen LogP contribution in [-0.2, 0) is 21.1 Å². The number of hydrogen-bond donors (Lipinski definition) is 2. The summed E-state index contributed by atoms with van der Waals surface area (Å²) >= 11 is 1.77. The molecule has 1 saturated carbocycles. The molecule has 0 bridgehead atoms. The lowest BCUT2D eigenvalue weighted by Gasteiger charge is -2.29. The van der Waals surface area contributed by atoms with E-state index in [1.165, 1.54) is 6.42 Å². The molecular formula is C21H26N4O2S. The van der Waals surface area contributed by atoms with E-state index in [4.69, 9.17) is 0 Å². The number of thioether (sulfide) groups is 1. The number of carbonyl (C=O) groups excluding carboxylic acids is 2. The zero-order valence-electron chi connectivity index (χ0n) is 16.3. The Bertz CT molecular complexity index is 891. The van der Waals surface area contributed by atoms with E-state index in [0.29, 0.717) is 11.7 Å². The second-order valence-electron chi connectivity index (χ2n) is 7.81. The van der Waals surface area contributed by atoms with Crippen LogP contribution in [0, 0.1) is 12.8 Å². The lowest BCUT2D eigenvalue weighted by molar-refractivity contribution is -0.137. The van der Waals surface area contributed by atoms with Crippen LogP contribution in [0.3, 0.4) is 0 Å². The van der Waals surface area contributed by atoms with Gasteiger partial charge in [0.15, 0.2) is 0 Å². The monoisotopic (exact) mass is 398 g/mol. The number of anilines is 1. The van der Waals surface area contributed by atoms with E-state index in [2.05, 4.69) is 22.7 Å². The maximum Gasteiger partial charge on any atom is 0.314 e. The van der Waals surface area contributed by atoms with Crippen LogP contribution in [0.15, 0.2) is 24.3 Å². The fourth-order valence-corrected chi connectivity index (χ4v) is 4.98. The van der Waals surface area contributed by atoms with E-state index in [0.717, 1.165) is 53.3 Å². The molecule has 2 N–H and O–H groups in total. The number of rotatable bonds is 3. The highest BCUT2D eigenvalue weighted by Crippen LogP contribution is 2.36.